The van der Waals surface area contributed by atoms with E-state index in [2.05, 4.69) is 23.7 Å². The van der Waals surface area contributed by atoms with Gasteiger partial charge in [-0.25, -0.2) is 4.98 Å². The number of rotatable bonds is 7. The maximum Gasteiger partial charge on any atom is 0.269 e. The largest absolute Gasteiger partial charge is 0.464 e. The van der Waals surface area contributed by atoms with Gasteiger partial charge < -0.3 is 9.47 Å². The standard InChI is InChI=1S/C18H20N2O2S/c1-2-3-5-10-15(21-18(23)20-12-11-19-13-20)17-16(22-17)14-8-6-4-7-9-14/h2,4,6-9,11-13,15-17H,1,3,5,10H2. The van der Waals surface area contributed by atoms with Gasteiger partial charge in [0.15, 0.2) is 0 Å². The summed E-state index contributed by atoms with van der Waals surface area (Å²) in [5.41, 5.74) is 1.18. The number of aromatic nitrogens is 2. The molecule has 0 spiro atoms. The second-order valence-corrected chi connectivity index (χ2v) is 5.89. The lowest BCUT2D eigenvalue weighted by Gasteiger charge is -2.18. The van der Waals surface area contributed by atoms with Crippen LogP contribution in [0.5, 0.6) is 0 Å². The molecule has 1 saturated heterocycles. The van der Waals surface area contributed by atoms with Crippen LogP contribution in [0.4, 0.5) is 0 Å². The third kappa shape index (κ3) is 4.06. The lowest BCUT2D eigenvalue weighted by molar-refractivity contribution is 0.135. The monoisotopic (exact) mass is 328 g/mol. The zero-order chi connectivity index (χ0) is 16.1. The molecule has 0 radical (unpaired) electrons. The average molecular weight is 328 g/mol. The van der Waals surface area contributed by atoms with E-state index >= 15 is 0 Å². The number of benzene rings is 1. The predicted molar refractivity (Wildman–Crippen MR) is 93.2 cm³/mol. The Morgan fingerprint density at radius 2 is 2.26 bits per heavy atom. The fraction of sp³-hybridized carbons (Fsp3) is 0.333. The molecular formula is C18H20N2O2S. The van der Waals surface area contributed by atoms with Crippen molar-refractivity contribution in [1.82, 2.24) is 9.55 Å². The van der Waals surface area contributed by atoms with Gasteiger partial charge in [-0.2, -0.15) is 0 Å². The first-order valence-corrected chi connectivity index (χ1v) is 8.20. The first-order chi connectivity index (χ1) is 11.3. The van der Waals surface area contributed by atoms with Gasteiger partial charge in [-0.15, -0.1) is 6.58 Å². The van der Waals surface area contributed by atoms with E-state index in [0.717, 1.165) is 19.3 Å². The Labute approximate surface area is 141 Å². The van der Waals surface area contributed by atoms with Crippen LogP contribution in [0.15, 0.2) is 61.7 Å². The maximum atomic E-state index is 6.01. The number of hydrogen-bond donors (Lipinski definition) is 0. The number of allylic oxidation sites excluding steroid dienone is 1. The number of ether oxygens (including phenoxy) is 2. The van der Waals surface area contributed by atoms with E-state index in [-0.39, 0.29) is 18.3 Å². The molecule has 1 aromatic heterocycles. The summed E-state index contributed by atoms with van der Waals surface area (Å²) in [4.78, 5) is 4.00. The van der Waals surface area contributed by atoms with Crippen LogP contribution in [0.2, 0.25) is 0 Å². The lowest BCUT2D eigenvalue weighted by Crippen LogP contribution is -2.26. The number of nitrogens with zero attached hydrogens (tertiary/aromatic N) is 2. The first kappa shape index (κ1) is 15.9. The molecule has 0 saturated carbocycles. The number of epoxide rings is 1. The summed E-state index contributed by atoms with van der Waals surface area (Å²) >= 11 is 5.36. The van der Waals surface area contributed by atoms with Crippen molar-refractivity contribution in [2.45, 2.75) is 37.6 Å². The smallest absolute Gasteiger partial charge is 0.269 e. The molecule has 3 rings (SSSR count). The Morgan fingerprint density at radius 1 is 1.43 bits per heavy atom. The minimum atomic E-state index is -0.0601. The molecule has 0 bridgehead atoms. The van der Waals surface area contributed by atoms with Crippen molar-refractivity contribution in [3.8, 4) is 0 Å². The summed E-state index contributed by atoms with van der Waals surface area (Å²) in [6.45, 7) is 3.77. The summed E-state index contributed by atoms with van der Waals surface area (Å²) in [7, 11) is 0. The molecule has 1 aliphatic heterocycles. The molecule has 120 valence electrons. The van der Waals surface area contributed by atoms with Gasteiger partial charge in [0.2, 0.25) is 0 Å². The van der Waals surface area contributed by atoms with Crippen LogP contribution in [0.3, 0.4) is 0 Å². The van der Waals surface area contributed by atoms with Crippen LogP contribution in [0.1, 0.15) is 30.9 Å². The summed E-state index contributed by atoms with van der Waals surface area (Å²) in [5, 5.41) is 0.411. The van der Waals surface area contributed by atoms with Crippen molar-refractivity contribution in [3.63, 3.8) is 0 Å². The van der Waals surface area contributed by atoms with E-state index in [1.54, 1.807) is 23.3 Å². The molecule has 2 aromatic rings. The molecule has 0 aliphatic carbocycles. The minimum absolute atomic E-state index is 0.0451. The predicted octanol–water partition coefficient (Wildman–Crippen LogP) is 3.90. The highest BCUT2D eigenvalue weighted by atomic mass is 32.1. The van der Waals surface area contributed by atoms with E-state index in [9.17, 15) is 0 Å². The van der Waals surface area contributed by atoms with Crippen molar-refractivity contribution in [2.24, 2.45) is 0 Å². The topological polar surface area (TPSA) is 39.6 Å². The van der Waals surface area contributed by atoms with Crippen LogP contribution in [-0.4, -0.2) is 26.9 Å². The van der Waals surface area contributed by atoms with Crippen molar-refractivity contribution >= 4 is 17.4 Å². The molecule has 0 amide bonds. The Morgan fingerprint density at radius 3 is 2.96 bits per heavy atom. The summed E-state index contributed by atoms with van der Waals surface area (Å²) in [5.74, 6) is 0. The van der Waals surface area contributed by atoms with Gasteiger partial charge >= 0.3 is 0 Å². The van der Waals surface area contributed by atoms with Gasteiger partial charge in [0.1, 0.15) is 24.6 Å². The highest BCUT2D eigenvalue weighted by molar-refractivity contribution is 7.80. The zero-order valence-corrected chi connectivity index (χ0v) is 13.7. The van der Waals surface area contributed by atoms with Gasteiger partial charge in [-0.3, -0.25) is 4.57 Å². The summed E-state index contributed by atoms with van der Waals surface area (Å²) < 4.78 is 13.6. The van der Waals surface area contributed by atoms with E-state index < -0.39 is 0 Å². The Bertz CT molecular complexity index is 642. The number of thiocarbonyl (C=S) groups is 1. The van der Waals surface area contributed by atoms with Gasteiger partial charge in [0.05, 0.1) is 0 Å². The molecule has 23 heavy (non-hydrogen) atoms. The molecule has 5 heteroatoms. The van der Waals surface area contributed by atoms with Crippen molar-refractivity contribution in [3.05, 3.63) is 67.3 Å². The number of unbranched alkanes of at least 4 members (excludes halogenated alkanes) is 1. The molecule has 1 aliphatic rings. The second kappa shape index (κ2) is 7.53. The molecule has 3 unspecified atom stereocenters. The zero-order valence-electron chi connectivity index (χ0n) is 12.9. The van der Waals surface area contributed by atoms with E-state index in [0.29, 0.717) is 5.17 Å². The van der Waals surface area contributed by atoms with Crippen LogP contribution in [0, 0.1) is 0 Å². The number of imidazole rings is 1. The van der Waals surface area contributed by atoms with Crippen LogP contribution >= 0.6 is 12.2 Å². The minimum Gasteiger partial charge on any atom is -0.464 e. The molecule has 3 atom stereocenters. The normalized spacial score (nSPS) is 20.7. The van der Waals surface area contributed by atoms with Crippen molar-refractivity contribution in [1.29, 1.82) is 0 Å². The van der Waals surface area contributed by atoms with Crippen molar-refractivity contribution in [2.75, 3.05) is 0 Å². The molecular weight excluding hydrogens is 308 g/mol. The maximum absolute atomic E-state index is 6.01. The SMILES string of the molecule is C=CCCCC(OC(=S)n1ccnc1)C1OC1c1ccccc1. The lowest BCUT2D eigenvalue weighted by atomic mass is 10.0. The second-order valence-electron chi connectivity index (χ2n) is 5.54. The van der Waals surface area contributed by atoms with Crippen LogP contribution in [0.25, 0.3) is 0 Å². The fourth-order valence-corrected chi connectivity index (χ4v) is 2.86. The van der Waals surface area contributed by atoms with Crippen LogP contribution < -0.4 is 0 Å². The molecule has 1 aromatic carbocycles. The molecule has 2 heterocycles. The third-order valence-electron chi connectivity index (χ3n) is 3.88. The van der Waals surface area contributed by atoms with Crippen LogP contribution in [-0.2, 0) is 9.47 Å². The molecule has 1 fully saturated rings. The fourth-order valence-electron chi connectivity index (χ4n) is 2.63. The van der Waals surface area contributed by atoms with E-state index in [1.165, 1.54) is 5.56 Å². The number of hydrogen-bond acceptors (Lipinski definition) is 4. The van der Waals surface area contributed by atoms with Crippen molar-refractivity contribution < 1.29 is 9.47 Å². The highest BCUT2D eigenvalue weighted by Gasteiger charge is 2.47. The summed E-state index contributed by atoms with van der Waals surface area (Å²) in [6.07, 6.45) is 9.96. The van der Waals surface area contributed by atoms with Gasteiger partial charge in [-0.1, -0.05) is 36.4 Å². The highest BCUT2D eigenvalue weighted by Crippen LogP contribution is 2.43. The van der Waals surface area contributed by atoms with Gasteiger partial charge in [-0.05, 0) is 37.0 Å². The quantitative estimate of drug-likeness (QED) is 0.334. The third-order valence-corrected chi connectivity index (χ3v) is 4.19. The van der Waals surface area contributed by atoms with Gasteiger partial charge in [0, 0.05) is 12.4 Å². The van der Waals surface area contributed by atoms with Gasteiger partial charge in [0.25, 0.3) is 5.17 Å². The Balaban J connectivity index is 1.64. The Hall–Kier alpha value is -1.98. The molecule has 4 nitrogen and oxygen atoms in total. The first-order valence-electron chi connectivity index (χ1n) is 7.80. The summed E-state index contributed by atoms with van der Waals surface area (Å²) in [6, 6.07) is 10.2. The van der Waals surface area contributed by atoms with E-state index in [1.807, 2.05) is 24.3 Å². The average Bonchev–Trinajstić information content (AvgIpc) is 3.18. The molecule has 0 N–H and O–H groups in total. The Kier molecular flexibility index (Phi) is 5.20. The van der Waals surface area contributed by atoms with E-state index in [4.69, 9.17) is 21.7 Å².